The lowest BCUT2D eigenvalue weighted by Crippen LogP contribution is -2.75. The Morgan fingerprint density at radius 3 is 0.991 bits per heavy atom. The summed E-state index contributed by atoms with van der Waals surface area (Å²) >= 11 is 1.86. The molecule has 552 valence electrons. The number of hydrogen-bond donors (Lipinski definition) is 0. The largest absolute Gasteiger partial charge is 0.311 e. The number of anilines is 9. The van der Waals surface area contributed by atoms with Crippen LogP contribution in [0.4, 0.5) is 51.2 Å². The zero-order valence-corrected chi connectivity index (χ0v) is 69.8. The molecule has 113 heavy (non-hydrogen) atoms. The van der Waals surface area contributed by atoms with E-state index < -0.39 is 16.1 Å². The smallest absolute Gasteiger partial charge is 0.252 e. The Morgan fingerprint density at radius 2 is 0.575 bits per heavy atom. The molecule has 0 atom stereocenters. The Hall–Kier alpha value is -11.5. The maximum Gasteiger partial charge on any atom is 0.252 e. The first kappa shape index (κ1) is 73.1. The van der Waals surface area contributed by atoms with Crippen molar-refractivity contribution in [1.29, 1.82) is 0 Å². The summed E-state index contributed by atoms with van der Waals surface area (Å²) in [6, 6.07) is 141. The Labute approximate surface area is 676 Å². The van der Waals surface area contributed by atoms with Gasteiger partial charge in [-0.1, -0.05) is 386 Å². The lowest BCUT2D eigenvalue weighted by atomic mass is 9.33. The van der Waals surface area contributed by atoms with Crippen LogP contribution in [0.2, 0.25) is 0 Å². The third-order valence-electron chi connectivity index (χ3n) is 24.1. The van der Waals surface area contributed by atoms with Crippen LogP contribution in [-0.2, 0) is 21.7 Å². The van der Waals surface area contributed by atoms with Crippen molar-refractivity contribution >= 4 is 144 Å². The molecule has 0 aliphatic carbocycles. The summed E-state index contributed by atoms with van der Waals surface area (Å²) in [7, 11) is -6.37. The Balaban J connectivity index is 0.992. The summed E-state index contributed by atoms with van der Waals surface area (Å²) in [6.07, 6.45) is 0. The number of fused-ring (bicyclic) bond motifs is 6. The third-order valence-corrected chi connectivity index (χ3v) is 34.8. The highest BCUT2D eigenvalue weighted by Gasteiger charge is 2.49. The molecule has 15 aromatic carbocycles. The van der Waals surface area contributed by atoms with Crippen molar-refractivity contribution in [3.8, 4) is 22.3 Å². The van der Waals surface area contributed by atoms with Crippen molar-refractivity contribution in [2.45, 2.75) is 115 Å². The van der Waals surface area contributed by atoms with Crippen LogP contribution in [0.25, 0.3) is 22.3 Å². The molecule has 3 heterocycles. The van der Waals surface area contributed by atoms with Gasteiger partial charge in [-0.25, -0.2) is 0 Å². The van der Waals surface area contributed by atoms with Crippen LogP contribution < -0.4 is 72.6 Å². The quantitative estimate of drug-likeness (QED) is 0.0840. The van der Waals surface area contributed by atoms with Gasteiger partial charge < -0.3 is 14.7 Å². The maximum atomic E-state index is 2.73. The maximum absolute atomic E-state index is 3.22. The van der Waals surface area contributed by atoms with E-state index in [-0.39, 0.29) is 28.4 Å². The van der Waals surface area contributed by atoms with Crippen LogP contribution >= 0.6 is 11.8 Å². The van der Waals surface area contributed by atoms with Crippen molar-refractivity contribution in [3.05, 3.63) is 386 Å². The molecule has 3 aliphatic rings. The third kappa shape index (κ3) is 12.8. The molecule has 0 aromatic heterocycles. The topological polar surface area (TPSA) is 9.72 Å². The number of rotatable bonds is 13. The SMILES string of the molecule is CC(C)(C)c1cc(-c2ccc(N3c4ccc(-c5cc(C(C)(C)C)cc(C(C)(C)C)c5)cc4B4c5ccc([Si](c6ccccc6)(c6ccccc6)c6ccccc6)cc5N(c5cccc([Si](c6ccccc6)(c6ccccc6)c6ccccc6)c5)c5cc(N6c7ccccc7Sc7ccccc76)cc3c54)cc2)cc(C(C)(C)C)c1. The van der Waals surface area contributed by atoms with Crippen molar-refractivity contribution in [3.63, 3.8) is 0 Å². The second kappa shape index (κ2) is 28.3. The molecule has 0 unspecified atom stereocenters. The fourth-order valence-electron chi connectivity index (χ4n) is 18.2. The van der Waals surface area contributed by atoms with E-state index in [4.69, 9.17) is 0 Å². The van der Waals surface area contributed by atoms with Crippen molar-refractivity contribution in [1.82, 2.24) is 0 Å². The van der Waals surface area contributed by atoms with Gasteiger partial charge in [-0.05, 0) is 197 Å². The molecule has 0 fully saturated rings. The minimum absolute atomic E-state index is 0.0493. The fraction of sp³-hybridized carbons (Fsp3) is 0.151. The van der Waals surface area contributed by atoms with Gasteiger partial charge in [0.25, 0.3) is 6.71 Å². The highest BCUT2D eigenvalue weighted by atomic mass is 32.2. The predicted molar refractivity (Wildman–Crippen MR) is 492 cm³/mol. The van der Waals surface area contributed by atoms with Crippen LogP contribution in [0, 0.1) is 0 Å². The van der Waals surface area contributed by atoms with E-state index in [9.17, 15) is 0 Å². The van der Waals surface area contributed by atoms with Gasteiger partial charge in [0.2, 0.25) is 0 Å². The molecular weight excluding hydrogens is 1410 g/mol. The number of nitrogens with zero attached hydrogens (tertiary/aromatic N) is 3. The molecule has 3 nitrogen and oxygen atoms in total. The Kier molecular flexibility index (Phi) is 18.3. The van der Waals surface area contributed by atoms with Crippen molar-refractivity contribution in [2.75, 3.05) is 14.7 Å². The second-order valence-electron chi connectivity index (χ2n) is 35.3. The first-order valence-corrected chi connectivity index (χ1v) is 45.0. The zero-order valence-electron chi connectivity index (χ0n) is 67.0. The Bertz CT molecular complexity index is 5780. The van der Waals surface area contributed by atoms with E-state index in [1.165, 1.54) is 112 Å². The number of para-hydroxylation sites is 2. The van der Waals surface area contributed by atoms with Gasteiger partial charge >= 0.3 is 0 Å². The minimum Gasteiger partial charge on any atom is -0.311 e. The van der Waals surface area contributed by atoms with Gasteiger partial charge in [-0.15, -0.1) is 0 Å². The summed E-state index contributed by atoms with van der Waals surface area (Å²) < 4.78 is 0. The van der Waals surface area contributed by atoms with Gasteiger partial charge in [0.15, 0.2) is 16.1 Å². The molecular formula is C106H96BN3SSi2. The molecule has 7 heteroatoms. The molecule has 0 N–H and O–H groups in total. The van der Waals surface area contributed by atoms with E-state index in [2.05, 4.69) is 462 Å². The van der Waals surface area contributed by atoms with Crippen LogP contribution in [0.1, 0.15) is 105 Å². The van der Waals surface area contributed by atoms with Gasteiger partial charge in [0.1, 0.15) is 0 Å². The van der Waals surface area contributed by atoms with Gasteiger partial charge in [0.05, 0.1) is 17.1 Å². The molecule has 0 amide bonds. The fourth-order valence-corrected chi connectivity index (χ4v) is 28.8. The summed E-state index contributed by atoms with van der Waals surface area (Å²) in [5.74, 6) is 0. The molecule has 0 saturated carbocycles. The van der Waals surface area contributed by atoms with Crippen LogP contribution in [-0.4, -0.2) is 22.9 Å². The van der Waals surface area contributed by atoms with Crippen LogP contribution in [0.5, 0.6) is 0 Å². The molecule has 3 aliphatic heterocycles. The Morgan fingerprint density at radius 1 is 0.221 bits per heavy atom. The number of benzene rings is 15. The van der Waals surface area contributed by atoms with Crippen LogP contribution in [0.15, 0.2) is 374 Å². The molecule has 15 aromatic rings. The van der Waals surface area contributed by atoms with Gasteiger partial charge in [-0.3, -0.25) is 0 Å². The zero-order chi connectivity index (χ0) is 77.8. The standard InChI is InChI=1S/C106H96BN3SSi2/c1-103(2,3)77-62-75(63-78(67-77)104(4,5)6)73-54-57-81(58-55-73)108-94-61-56-74(76-64-79(105(7,8)9)68-80(65-76)106(10,11)12)66-93(94)107-92-60-59-91(113(87-43-25-16-26-44-87,88-45-27-17-28-46-88)89-47-29-18-30-48-89)72-97(92)109(99-71-83(70-98(108)102(99)107)110-95-50-31-33-52-100(95)111-101-53-34-32-51-96(101)110)82-36-35-49-90(69-82)112(84-37-19-13-20-38-84,85-39-21-14-22-40-85)86-41-23-15-24-42-86/h13-72H,1-12H3. The highest BCUT2D eigenvalue weighted by Crippen LogP contribution is 2.55. The van der Waals surface area contributed by atoms with E-state index in [1.807, 2.05) is 11.8 Å². The van der Waals surface area contributed by atoms with Crippen molar-refractivity contribution in [2.24, 2.45) is 0 Å². The molecule has 0 saturated heterocycles. The van der Waals surface area contributed by atoms with Crippen LogP contribution in [0.3, 0.4) is 0 Å². The lowest BCUT2D eigenvalue weighted by molar-refractivity contribution is 0.568. The van der Waals surface area contributed by atoms with E-state index in [0.29, 0.717) is 0 Å². The molecule has 0 bridgehead atoms. The second-order valence-corrected chi connectivity index (χ2v) is 44.0. The van der Waals surface area contributed by atoms with Crippen molar-refractivity contribution < 1.29 is 0 Å². The first-order valence-electron chi connectivity index (χ1n) is 40.1. The average Bonchev–Trinajstić information content (AvgIpc) is 0.688. The van der Waals surface area contributed by atoms with E-state index >= 15 is 0 Å². The normalized spacial score (nSPS) is 13.4. The minimum atomic E-state index is -3.22. The summed E-state index contributed by atoms with van der Waals surface area (Å²) in [4.78, 5) is 10.4. The number of hydrogen-bond acceptors (Lipinski definition) is 4. The molecule has 0 radical (unpaired) electrons. The summed E-state index contributed by atoms with van der Waals surface area (Å²) in [5, 5.41) is 10.6. The average molecular weight is 1510 g/mol. The summed E-state index contributed by atoms with van der Waals surface area (Å²) in [6.45, 7) is 27.9. The van der Waals surface area contributed by atoms with Gasteiger partial charge in [0, 0.05) is 43.9 Å². The first-order chi connectivity index (χ1) is 54.5. The summed E-state index contributed by atoms with van der Waals surface area (Å²) in [5.41, 5.74) is 23.8. The molecule has 0 spiro atoms. The van der Waals surface area contributed by atoms with E-state index in [0.717, 1.165) is 51.2 Å². The monoisotopic (exact) mass is 1510 g/mol. The highest BCUT2D eigenvalue weighted by molar-refractivity contribution is 7.99. The predicted octanol–water partition coefficient (Wildman–Crippen LogP) is 21.0. The molecule has 18 rings (SSSR count). The van der Waals surface area contributed by atoms with E-state index in [1.54, 1.807) is 0 Å². The van der Waals surface area contributed by atoms with Gasteiger partial charge in [-0.2, -0.15) is 0 Å². The lowest BCUT2D eigenvalue weighted by Gasteiger charge is -2.46.